The summed E-state index contributed by atoms with van der Waals surface area (Å²) in [5.41, 5.74) is 9.06. The third-order valence-corrected chi connectivity index (χ3v) is 4.66. The monoisotopic (exact) mass is 304 g/mol. The van der Waals surface area contributed by atoms with Crippen LogP contribution in [0.2, 0.25) is 0 Å². The number of aryl methyl sites for hydroxylation is 1. The molecule has 0 aromatic heterocycles. The number of nitrogen functional groups attached to an aromatic ring is 1. The summed E-state index contributed by atoms with van der Waals surface area (Å²) in [5, 5.41) is 0. The second kappa shape index (κ2) is 6.74. The minimum atomic E-state index is -3.41. The second-order valence-corrected chi connectivity index (χ2v) is 6.71. The Morgan fingerprint density at radius 3 is 2.14 bits per heavy atom. The zero-order chi connectivity index (χ0) is 15.3. The summed E-state index contributed by atoms with van der Waals surface area (Å²) < 4.78 is 27.0. The van der Waals surface area contributed by atoms with Gasteiger partial charge in [-0.3, -0.25) is 0 Å². The highest BCUT2D eigenvalue weighted by Gasteiger charge is 2.13. The van der Waals surface area contributed by atoms with Crippen LogP contribution in [0.3, 0.4) is 0 Å². The molecular formula is C16H20N2O2S. The van der Waals surface area contributed by atoms with Crippen molar-refractivity contribution in [2.45, 2.75) is 25.6 Å². The third-order valence-electron chi connectivity index (χ3n) is 3.38. The van der Waals surface area contributed by atoms with Gasteiger partial charge in [0.1, 0.15) is 0 Å². The van der Waals surface area contributed by atoms with Gasteiger partial charge in [0.25, 0.3) is 0 Å². The number of anilines is 1. The lowest BCUT2D eigenvalue weighted by atomic mass is 10.1. The molecule has 0 amide bonds. The number of nitrogens with two attached hydrogens (primary N) is 1. The zero-order valence-electron chi connectivity index (χ0n) is 12.0. The molecule has 0 fully saturated rings. The van der Waals surface area contributed by atoms with E-state index < -0.39 is 10.0 Å². The van der Waals surface area contributed by atoms with Crippen molar-refractivity contribution >= 4 is 15.7 Å². The van der Waals surface area contributed by atoms with E-state index in [1.165, 1.54) is 0 Å². The van der Waals surface area contributed by atoms with Crippen LogP contribution in [0.5, 0.6) is 0 Å². The quantitative estimate of drug-likeness (QED) is 0.805. The fraction of sp³-hybridized carbons (Fsp3) is 0.250. The van der Waals surface area contributed by atoms with Crippen molar-refractivity contribution in [2.24, 2.45) is 0 Å². The Labute approximate surface area is 126 Å². The molecule has 0 spiro atoms. The largest absolute Gasteiger partial charge is 0.398 e. The van der Waals surface area contributed by atoms with Crippen molar-refractivity contribution in [1.29, 1.82) is 0 Å². The van der Waals surface area contributed by atoms with Gasteiger partial charge < -0.3 is 5.73 Å². The molecule has 0 aliphatic carbocycles. The number of nitrogens with one attached hydrogen (secondary N) is 1. The van der Waals surface area contributed by atoms with E-state index in [-0.39, 0.29) is 5.75 Å². The average molecular weight is 304 g/mol. The second-order valence-electron chi connectivity index (χ2n) is 4.90. The summed E-state index contributed by atoms with van der Waals surface area (Å²) in [5.74, 6) is -0.103. The molecule has 2 rings (SSSR count). The predicted octanol–water partition coefficient (Wildman–Crippen LogP) is 2.45. The highest BCUT2D eigenvalue weighted by Crippen LogP contribution is 2.14. The fourth-order valence-corrected chi connectivity index (χ4v) is 3.33. The van der Waals surface area contributed by atoms with Gasteiger partial charge in [0, 0.05) is 12.2 Å². The van der Waals surface area contributed by atoms with E-state index in [1.807, 2.05) is 24.3 Å². The van der Waals surface area contributed by atoms with Gasteiger partial charge in [0.15, 0.2) is 0 Å². The minimum absolute atomic E-state index is 0.103. The van der Waals surface area contributed by atoms with E-state index >= 15 is 0 Å². The minimum Gasteiger partial charge on any atom is -0.398 e. The zero-order valence-corrected chi connectivity index (χ0v) is 12.9. The summed E-state index contributed by atoms with van der Waals surface area (Å²) >= 11 is 0. The van der Waals surface area contributed by atoms with Crippen molar-refractivity contribution in [1.82, 2.24) is 4.72 Å². The smallest absolute Gasteiger partial charge is 0.216 e. The summed E-state index contributed by atoms with van der Waals surface area (Å²) in [6, 6.07) is 14.8. The van der Waals surface area contributed by atoms with Gasteiger partial charge in [-0.1, -0.05) is 49.4 Å². The molecule has 2 aromatic carbocycles. The van der Waals surface area contributed by atoms with Crippen LogP contribution in [-0.2, 0) is 28.7 Å². The molecule has 0 saturated heterocycles. The van der Waals surface area contributed by atoms with Crippen LogP contribution in [-0.4, -0.2) is 8.42 Å². The van der Waals surface area contributed by atoms with Crippen LogP contribution in [0.15, 0.2) is 48.5 Å². The molecule has 0 radical (unpaired) electrons. The summed E-state index contributed by atoms with van der Waals surface area (Å²) in [4.78, 5) is 0. The van der Waals surface area contributed by atoms with Crippen LogP contribution in [0.25, 0.3) is 0 Å². The number of rotatable bonds is 6. The van der Waals surface area contributed by atoms with E-state index in [1.54, 1.807) is 24.3 Å². The van der Waals surface area contributed by atoms with Crippen LogP contribution in [0, 0.1) is 0 Å². The van der Waals surface area contributed by atoms with E-state index in [0.717, 1.165) is 17.5 Å². The molecule has 0 atom stereocenters. The van der Waals surface area contributed by atoms with Crippen molar-refractivity contribution < 1.29 is 8.42 Å². The first-order valence-electron chi connectivity index (χ1n) is 6.89. The van der Waals surface area contributed by atoms with Crippen molar-refractivity contribution in [3.05, 3.63) is 65.2 Å². The maximum atomic E-state index is 12.2. The highest BCUT2D eigenvalue weighted by molar-refractivity contribution is 7.88. The SMILES string of the molecule is CCc1ccccc1CNS(=O)(=O)Cc1ccccc1N. The molecule has 0 heterocycles. The van der Waals surface area contributed by atoms with Crippen molar-refractivity contribution in [3.8, 4) is 0 Å². The first-order valence-corrected chi connectivity index (χ1v) is 8.54. The molecule has 21 heavy (non-hydrogen) atoms. The standard InChI is InChI=1S/C16H20N2O2S/c1-2-13-7-3-4-8-14(13)11-18-21(19,20)12-15-9-5-6-10-16(15)17/h3-10,18H,2,11-12,17H2,1H3. The lowest BCUT2D eigenvalue weighted by Gasteiger charge is -2.11. The Kier molecular flexibility index (Phi) is 4.98. The lowest BCUT2D eigenvalue weighted by Crippen LogP contribution is -2.25. The fourth-order valence-electron chi connectivity index (χ4n) is 2.18. The topological polar surface area (TPSA) is 72.2 Å². The normalized spacial score (nSPS) is 11.5. The van der Waals surface area contributed by atoms with Crippen LogP contribution >= 0.6 is 0 Å². The van der Waals surface area contributed by atoms with Gasteiger partial charge in [0.05, 0.1) is 5.75 Å². The number of hydrogen-bond donors (Lipinski definition) is 2. The molecule has 2 aromatic rings. The van der Waals surface area contributed by atoms with Gasteiger partial charge >= 0.3 is 0 Å². The van der Waals surface area contributed by atoms with E-state index in [0.29, 0.717) is 17.8 Å². The Hall–Kier alpha value is -1.85. The molecule has 3 N–H and O–H groups in total. The van der Waals surface area contributed by atoms with Gasteiger partial charge in [-0.2, -0.15) is 0 Å². The van der Waals surface area contributed by atoms with E-state index in [9.17, 15) is 8.42 Å². The molecule has 0 aliphatic rings. The maximum Gasteiger partial charge on any atom is 0.216 e. The molecule has 5 heteroatoms. The number of hydrogen-bond acceptors (Lipinski definition) is 3. The van der Waals surface area contributed by atoms with Crippen molar-refractivity contribution in [3.63, 3.8) is 0 Å². The molecular weight excluding hydrogens is 284 g/mol. The number of sulfonamides is 1. The third kappa shape index (κ3) is 4.31. The Bertz CT molecular complexity index is 712. The van der Waals surface area contributed by atoms with Gasteiger partial charge in [-0.15, -0.1) is 0 Å². The number of para-hydroxylation sites is 1. The first-order chi connectivity index (χ1) is 10.0. The van der Waals surface area contributed by atoms with Gasteiger partial charge in [0.2, 0.25) is 10.0 Å². The van der Waals surface area contributed by atoms with Crippen LogP contribution in [0.1, 0.15) is 23.6 Å². The lowest BCUT2D eigenvalue weighted by molar-refractivity contribution is 0.580. The Morgan fingerprint density at radius 1 is 0.952 bits per heavy atom. The summed E-state index contributed by atoms with van der Waals surface area (Å²) in [6.07, 6.45) is 0.879. The molecule has 0 saturated carbocycles. The maximum absolute atomic E-state index is 12.2. The molecule has 0 bridgehead atoms. The Morgan fingerprint density at radius 2 is 1.52 bits per heavy atom. The van der Waals surface area contributed by atoms with E-state index in [4.69, 9.17) is 5.73 Å². The average Bonchev–Trinajstić information content (AvgIpc) is 2.48. The predicted molar refractivity (Wildman–Crippen MR) is 86.1 cm³/mol. The summed E-state index contributed by atoms with van der Waals surface area (Å²) in [7, 11) is -3.41. The highest BCUT2D eigenvalue weighted by atomic mass is 32.2. The summed E-state index contributed by atoms with van der Waals surface area (Å²) in [6.45, 7) is 2.36. The van der Waals surface area contributed by atoms with E-state index in [2.05, 4.69) is 11.6 Å². The molecule has 112 valence electrons. The Balaban J connectivity index is 2.07. The van der Waals surface area contributed by atoms with Gasteiger partial charge in [-0.05, 0) is 29.2 Å². The van der Waals surface area contributed by atoms with Crippen LogP contribution < -0.4 is 10.5 Å². The van der Waals surface area contributed by atoms with Crippen LogP contribution in [0.4, 0.5) is 5.69 Å². The molecule has 0 unspecified atom stereocenters. The number of benzene rings is 2. The van der Waals surface area contributed by atoms with Crippen molar-refractivity contribution in [2.75, 3.05) is 5.73 Å². The van der Waals surface area contributed by atoms with Gasteiger partial charge in [-0.25, -0.2) is 13.1 Å². The first kappa shape index (κ1) is 15.5. The molecule has 0 aliphatic heterocycles. The molecule has 4 nitrogen and oxygen atoms in total.